The maximum Gasteiger partial charge on any atom is 0.441 e. The Balaban J connectivity index is 1.33. The number of anilines is 2. The topological polar surface area (TPSA) is 93.8 Å². The minimum absolute atomic E-state index is 0.0764. The second-order valence-corrected chi connectivity index (χ2v) is 9.81. The molecule has 0 unspecified atom stereocenters. The van der Waals surface area contributed by atoms with Crippen LogP contribution in [0.5, 0.6) is 0 Å². The van der Waals surface area contributed by atoms with Gasteiger partial charge < -0.3 is 10.6 Å². The molecule has 1 aromatic carbocycles. The van der Waals surface area contributed by atoms with E-state index in [-0.39, 0.29) is 6.04 Å². The molecule has 3 aliphatic rings. The van der Waals surface area contributed by atoms with Crippen LogP contribution in [0, 0.1) is 5.92 Å². The molecule has 0 spiro atoms. The molecule has 3 heterocycles. The van der Waals surface area contributed by atoms with Crippen LogP contribution in [-0.2, 0) is 9.78 Å². The molecule has 3 fully saturated rings. The predicted octanol–water partition coefficient (Wildman–Crippen LogP) is 4.75. The Kier molecular flexibility index (Phi) is 5.68. The van der Waals surface area contributed by atoms with E-state index in [4.69, 9.17) is 20.5 Å². The van der Waals surface area contributed by atoms with Gasteiger partial charge in [-0.05, 0) is 61.6 Å². The molecular formula is C27H31N5O3. The van der Waals surface area contributed by atoms with Crippen molar-refractivity contribution in [1.29, 1.82) is 0 Å². The summed E-state index contributed by atoms with van der Waals surface area (Å²) in [6, 6.07) is 10.5. The molecule has 0 radical (unpaired) electrons. The largest absolute Gasteiger partial charge is 0.441 e. The van der Waals surface area contributed by atoms with Crippen LogP contribution in [0.4, 0.5) is 16.3 Å². The highest BCUT2D eigenvalue weighted by atomic mass is 17.2. The minimum atomic E-state index is -0.399. The van der Waals surface area contributed by atoms with Gasteiger partial charge in [-0.2, -0.15) is 4.89 Å². The van der Waals surface area contributed by atoms with E-state index in [2.05, 4.69) is 40.2 Å². The second-order valence-electron chi connectivity index (χ2n) is 9.81. The molecule has 6 rings (SSSR count). The first kappa shape index (κ1) is 22.1. The van der Waals surface area contributed by atoms with Crippen molar-refractivity contribution < 1.29 is 14.6 Å². The fourth-order valence-electron chi connectivity index (χ4n) is 5.30. The van der Waals surface area contributed by atoms with E-state index in [1.807, 2.05) is 17.3 Å². The number of fused-ring (bicyclic) bond motifs is 1. The molecule has 8 heteroatoms. The maximum absolute atomic E-state index is 12.6. The average Bonchev–Trinajstić information content (AvgIpc) is 3.80. The molecule has 1 aliphatic heterocycles. The molecule has 1 atom stereocenters. The van der Waals surface area contributed by atoms with E-state index in [1.54, 1.807) is 6.92 Å². The predicted molar refractivity (Wildman–Crippen MR) is 135 cm³/mol. The van der Waals surface area contributed by atoms with Gasteiger partial charge in [-0.1, -0.05) is 18.2 Å². The molecule has 1 amide bonds. The fourth-order valence-corrected chi connectivity index (χ4v) is 5.30. The van der Waals surface area contributed by atoms with E-state index in [9.17, 15) is 4.79 Å². The van der Waals surface area contributed by atoms with Crippen LogP contribution in [-0.4, -0.2) is 53.2 Å². The number of pyridine rings is 2. The number of nitrogens with zero attached hydrogens (tertiary/aromatic N) is 4. The van der Waals surface area contributed by atoms with Crippen molar-refractivity contribution in [2.45, 2.75) is 44.6 Å². The number of hydrogen-bond donors (Lipinski definition) is 1. The fraction of sp³-hybridized carbons (Fsp3) is 0.444. The lowest BCUT2D eigenvalue weighted by Crippen LogP contribution is -2.56. The summed E-state index contributed by atoms with van der Waals surface area (Å²) >= 11 is 0. The summed E-state index contributed by atoms with van der Waals surface area (Å²) < 4.78 is 0. The smallest absolute Gasteiger partial charge is 0.396 e. The van der Waals surface area contributed by atoms with Gasteiger partial charge in [-0.3, -0.25) is 14.8 Å². The summed E-state index contributed by atoms with van der Waals surface area (Å²) in [5.74, 6) is 1.78. The van der Waals surface area contributed by atoms with Gasteiger partial charge >= 0.3 is 6.09 Å². The number of piperazine rings is 1. The Bertz CT molecular complexity index is 1250. The Labute approximate surface area is 205 Å². The Morgan fingerprint density at radius 3 is 2.77 bits per heavy atom. The van der Waals surface area contributed by atoms with Gasteiger partial charge in [0.25, 0.3) is 0 Å². The van der Waals surface area contributed by atoms with Gasteiger partial charge in [-0.15, -0.1) is 0 Å². The van der Waals surface area contributed by atoms with Crippen molar-refractivity contribution in [2.24, 2.45) is 5.92 Å². The van der Waals surface area contributed by atoms with Crippen molar-refractivity contribution in [3.8, 4) is 11.1 Å². The van der Waals surface area contributed by atoms with E-state index in [1.165, 1.54) is 0 Å². The molecule has 2 N–H and O–H groups in total. The molecule has 35 heavy (non-hydrogen) atoms. The summed E-state index contributed by atoms with van der Waals surface area (Å²) in [6.07, 6.45) is 7.89. The van der Waals surface area contributed by atoms with Gasteiger partial charge in [-0.25, -0.2) is 9.78 Å². The number of aromatic nitrogens is 2. The molecule has 2 saturated carbocycles. The number of carbonyl (C=O) groups is 1. The zero-order valence-electron chi connectivity index (χ0n) is 20.0. The summed E-state index contributed by atoms with van der Waals surface area (Å²) in [5.41, 5.74) is 10.7. The van der Waals surface area contributed by atoms with Crippen LogP contribution in [0.2, 0.25) is 0 Å². The SMILES string of the molecule is CCOOC(=O)N1CCN(c2nc(C3CC3)c(-c3cccc4cnccc34)cc2N)C[C@H]1C1CC1. The van der Waals surface area contributed by atoms with Crippen molar-refractivity contribution in [3.05, 3.63) is 48.4 Å². The highest BCUT2D eigenvalue weighted by molar-refractivity contribution is 5.97. The van der Waals surface area contributed by atoms with E-state index in [0.29, 0.717) is 43.8 Å². The van der Waals surface area contributed by atoms with E-state index < -0.39 is 6.09 Å². The Morgan fingerprint density at radius 1 is 1.14 bits per heavy atom. The van der Waals surface area contributed by atoms with Crippen molar-refractivity contribution in [3.63, 3.8) is 0 Å². The van der Waals surface area contributed by atoms with Gasteiger partial charge in [0.2, 0.25) is 0 Å². The van der Waals surface area contributed by atoms with E-state index in [0.717, 1.165) is 59.1 Å². The highest BCUT2D eigenvalue weighted by Crippen LogP contribution is 2.47. The Hall–Kier alpha value is -3.39. The molecule has 182 valence electrons. The number of benzene rings is 1. The lowest BCUT2D eigenvalue weighted by atomic mass is 9.96. The first-order valence-corrected chi connectivity index (χ1v) is 12.6. The minimum Gasteiger partial charge on any atom is -0.396 e. The molecule has 0 bridgehead atoms. The number of rotatable bonds is 6. The molecule has 2 aliphatic carbocycles. The lowest BCUT2D eigenvalue weighted by Gasteiger charge is -2.41. The zero-order chi connectivity index (χ0) is 23.9. The molecular weight excluding hydrogens is 442 g/mol. The van der Waals surface area contributed by atoms with Crippen molar-refractivity contribution in [1.82, 2.24) is 14.9 Å². The third-order valence-electron chi connectivity index (χ3n) is 7.36. The zero-order valence-corrected chi connectivity index (χ0v) is 20.0. The first-order chi connectivity index (χ1) is 17.1. The quantitative estimate of drug-likeness (QED) is 0.408. The summed E-state index contributed by atoms with van der Waals surface area (Å²) in [6.45, 7) is 4.06. The third kappa shape index (κ3) is 4.27. The highest BCUT2D eigenvalue weighted by Gasteiger charge is 2.42. The van der Waals surface area contributed by atoms with Gasteiger partial charge in [0.1, 0.15) is 0 Å². The number of carbonyl (C=O) groups excluding carboxylic acids is 1. The number of nitrogens with two attached hydrogens (primary N) is 1. The van der Waals surface area contributed by atoms with Crippen LogP contribution in [0.1, 0.15) is 44.2 Å². The van der Waals surface area contributed by atoms with Crippen LogP contribution in [0.15, 0.2) is 42.7 Å². The number of amides is 1. The summed E-state index contributed by atoms with van der Waals surface area (Å²) in [7, 11) is 0. The first-order valence-electron chi connectivity index (χ1n) is 12.6. The standard InChI is InChI=1S/C27H31N5O3/c1-2-34-35-27(33)32-13-12-31(16-24(32)17-6-7-17)26-23(28)14-22(25(30-26)18-8-9-18)21-5-3-4-19-15-29-11-10-20(19)21/h3-5,10-11,14-15,17-18,24H,2,6-9,12-13,16,28H2,1H3/t24-/m0/s1. The summed E-state index contributed by atoms with van der Waals surface area (Å²) in [4.78, 5) is 36.0. The lowest BCUT2D eigenvalue weighted by molar-refractivity contribution is -0.243. The monoisotopic (exact) mass is 473 g/mol. The van der Waals surface area contributed by atoms with Gasteiger partial charge in [0, 0.05) is 48.9 Å². The molecule has 1 saturated heterocycles. The summed E-state index contributed by atoms with van der Waals surface area (Å²) in [5, 5.41) is 2.27. The van der Waals surface area contributed by atoms with Gasteiger partial charge in [0.05, 0.1) is 24.0 Å². The third-order valence-corrected chi connectivity index (χ3v) is 7.36. The molecule has 2 aromatic heterocycles. The van der Waals surface area contributed by atoms with E-state index >= 15 is 0 Å². The second kappa shape index (κ2) is 9.00. The van der Waals surface area contributed by atoms with Crippen molar-refractivity contribution >= 4 is 28.4 Å². The van der Waals surface area contributed by atoms with Crippen LogP contribution in [0.3, 0.4) is 0 Å². The van der Waals surface area contributed by atoms with Crippen LogP contribution < -0.4 is 10.6 Å². The normalized spacial score (nSPS) is 20.3. The van der Waals surface area contributed by atoms with Gasteiger partial charge in [0.15, 0.2) is 5.82 Å². The van der Waals surface area contributed by atoms with Crippen LogP contribution in [0.25, 0.3) is 21.9 Å². The Morgan fingerprint density at radius 2 is 2.00 bits per heavy atom. The number of hydrogen-bond acceptors (Lipinski definition) is 7. The number of nitrogen functional groups attached to an aromatic ring is 1. The molecule has 8 nitrogen and oxygen atoms in total. The van der Waals surface area contributed by atoms with Crippen LogP contribution >= 0.6 is 0 Å². The average molecular weight is 474 g/mol. The maximum atomic E-state index is 12.6. The molecule has 3 aromatic rings. The van der Waals surface area contributed by atoms with Crippen molar-refractivity contribution in [2.75, 3.05) is 36.9 Å².